The van der Waals surface area contributed by atoms with E-state index >= 15 is 0 Å². The number of carboxylic acid groups (broad SMARTS) is 1. The number of hydrogen-bond donors (Lipinski definition) is 2. The van der Waals surface area contributed by atoms with Gasteiger partial charge in [-0.25, -0.2) is 4.79 Å². The van der Waals surface area contributed by atoms with Crippen molar-refractivity contribution in [3.8, 4) is 11.1 Å². The van der Waals surface area contributed by atoms with Crippen molar-refractivity contribution in [1.82, 2.24) is 10.2 Å². The Morgan fingerprint density at radius 1 is 1.06 bits per heavy atom. The zero-order valence-corrected chi connectivity index (χ0v) is 20.5. The van der Waals surface area contributed by atoms with Gasteiger partial charge in [-0.2, -0.15) is 0 Å². The minimum Gasteiger partial charge on any atom is -0.481 e. The zero-order chi connectivity index (χ0) is 25.0. The Morgan fingerprint density at radius 3 is 2.17 bits per heavy atom. The number of hydrogen-bond acceptors (Lipinski definition) is 4. The summed E-state index contributed by atoms with van der Waals surface area (Å²) in [5.74, 6) is -1.03. The molecule has 2 N–H and O–H groups in total. The van der Waals surface area contributed by atoms with Gasteiger partial charge in [0.25, 0.3) is 0 Å². The number of ether oxygens (including phenoxy) is 1. The topological polar surface area (TPSA) is 95.9 Å². The Morgan fingerprint density at radius 2 is 1.63 bits per heavy atom. The number of aliphatic carboxylic acids is 1. The lowest BCUT2D eigenvalue weighted by Gasteiger charge is -2.37. The third-order valence-electron chi connectivity index (χ3n) is 7.53. The van der Waals surface area contributed by atoms with E-state index in [0.29, 0.717) is 19.4 Å². The van der Waals surface area contributed by atoms with Crippen molar-refractivity contribution >= 4 is 18.0 Å². The molecule has 2 aromatic rings. The van der Waals surface area contributed by atoms with Gasteiger partial charge in [0.15, 0.2) is 0 Å². The van der Waals surface area contributed by atoms with Crippen LogP contribution >= 0.6 is 0 Å². The molecule has 186 valence electrons. The first-order valence-electron chi connectivity index (χ1n) is 12.5. The molecule has 1 saturated carbocycles. The average molecular weight is 479 g/mol. The molecule has 7 nitrogen and oxygen atoms in total. The summed E-state index contributed by atoms with van der Waals surface area (Å²) in [7, 11) is 0. The van der Waals surface area contributed by atoms with E-state index in [9.17, 15) is 19.5 Å². The molecule has 1 unspecified atom stereocenters. The summed E-state index contributed by atoms with van der Waals surface area (Å²) in [6.07, 6.45) is 2.52. The van der Waals surface area contributed by atoms with E-state index in [4.69, 9.17) is 4.74 Å². The van der Waals surface area contributed by atoms with E-state index in [1.54, 1.807) is 11.8 Å². The van der Waals surface area contributed by atoms with Gasteiger partial charge in [-0.15, -0.1) is 0 Å². The van der Waals surface area contributed by atoms with Gasteiger partial charge in [-0.1, -0.05) is 61.4 Å². The van der Waals surface area contributed by atoms with E-state index in [1.165, 1.54) is 11.1 Å². The molecule has 4 rings (SSSR count). The average Bonchev–Trinajstić information content (AvgIpc) is 3.45. The number of fused-ring (bicyclic) bond motifs is 3. The summed E-state index contributed by atoms with van der Waals surface area (Å²) < 4.78 is 5.66. The summed E-state index contributed by atoms with van der Waals surface area (Å²) in [6, 6.07) is 16.0. The first-order valence-corrected chi connectivity index (χ1v) is 12.5. The lowest BCUT2D eigenvalue weighted by atomic mass is 9.83. The zero-order valence-electron chi connectivity index (χ0n) is 20.5. The summed E-state index contributed by atoms with van der Waals surface area (Å²) in [5.41, 5.74) is 3.92. The third-order valence-corrected chi connectivity index (χ3v) is 7.53. The first kappa shape index (κ1) is 24.8. The molecule has 2 aliphatic rings. The Balaban J connectivity index is 1.40. The first-order chi connectivity index (χ1) is 16.9. The second-order valence-corrected chi connectivity index (χ2v) is 9.70. The monoisotopic (exact) mass is 478 g/mol. The predicted octanol–water partition coefficient (Wildman–Crippen LogP) is 4.80. The van der Waals surface area contributed by atoms with Crippen LogP contribution in [0.25, 0.3) is 11.1 Å². The molecule has 1 fully saturated rings. The highest BCUT2D eigenvalue weighted by Crippen LogP contribution is 2.44. The number of nitrogens with one attached hydrogen (secondary N) is 1. The lowest BCUT2D eigenvalue weighted by Crippen LogP contribution is -2.51. The Hall–Kier alpha value is -3.35. The number of carboxylic acids is 1. The standard InChI is InChI=1S/C28H34N2O5/c1-3-30(19(2)16-25(31)32)26(33)28(14-8-9-15-28)18-29-27(34)35-17-24-22-12-6-4-10-20(22)21-11-5-7-13-23(21)24/h4-7,10-13,19,24H,3,8-9,14-18H2,1-2H3,(H,29,34)(H,31,32). The van der Waals surface area contributed by atoms with E-state index in [-0.39, 0.29) is 31.4 Å². The number of carbonyl (C=O) groups excluding carboxylic acids is 2. The molecule has 2 amide bonds. The minimum atomic E-state index is -0.930. The van der Waals surface area contributed by atoms with Crippen LogP contribution in [-0.2, 0) is 14.3 Å². The smallest absolute Gasteiger partial charge is 0.407 e. The number of rotatable bonds is 9. The summed E-state index contributed by atoms with van der Waals surface area (Å²) >= 11 is 0. The molecule has 7 heteroatoms. The molecule has 0 saturated heterocycles. The summed E-state index contributed by atoms with van der Waals surface area (Å²) in [4.78, 5) is 39.1. The van der Waals surface area contributed by atoms with E-state index in [1.807, 2.05) is 31.2 Å². The second kappa shape index (κ2) is 10.5. The molecule has 0 aliphatic heterocycles. The molecule has 1 atom stereocenters. The van der Waals surface area contributed by atoms with E-state index in [2.05, 4.69) is 29.6 Å². The van der Waals surface area contributed by atoms with Gasteiger partial charge in [0.2, 0.25) is 5.91 Å². The highest BCUT2D eigenvalue weighted by molar-refractivity contribution is 5.85. The fourth-order valence-corrected chi connectivity index (χ4v) is 5.73. The fraction of sp³-hybridized carbons (Fsp3) is 0.464. The third kappa shape index (κ3) is 5.04. The maximum Gasteiger partial charge on any atom is 0.407 e. The molecule has 2 aromatic carbocycles. The van der Waals surface area contributed by atoms with Crippen LogP contribution in [0.5, 0.6) is 0 Å². The summed E-state index contributed by atoms with van der Waals surface area (Å²) in [5, 5.41) is 12.0. The minimum absolute atomic E-state index is 0.0253. The Bertz CT molecular complexity index is 1050. The molecular formula is C28H34N2O5. The number of benzene rings is 2. The van der Waals surface area contributed by atoms with Crippen LogP contribution in [-0.4, -0.2) is 53.7 Å². The lowest BCUT2D eigenvalue weighted by molar-refractivity contribution is -0.146. The van der Waals surface area contributed by atoms with Gasteiger partial charge < -0.3 is 20.1 Å². The maximum atomic E-state index is 13.5. The molecule has 0 spiro atoms. The predicted molar refractivity (Wildman–Crippen MR) is 133 cm³/mol. The van der Waals surface area contributed by atoms with E-state index in [0.717, 1.165) is 24.0 Å². The van der Waals surface area contributed by atoms with Gasteiger partial charge >= 0.3 is 12.1 Å². The van der Waals surface area contributed by atoms with Crippen molar-refractivity contribution in [3.05, 3.63) is 59.7 Å². The van der Waals surface area contributed by atoms with Crippen LogP contribution in [0.15, 0.2) is 48.5 Å². The van der Waals surface area contributed by atoms with Gasteiger partial charge in [0.1, 0.15) is 6.61 Å². The second-order valence-electron chi connectivity index (χ2n) is 9.70. The van der Waals surface area contributed by atoms with Crippen molar-refractivity contribution in [3.63, 3.8) is 0 Å². The normalized spacial score (nSPS) is 16.7. The van der Waals surface area contributed by atoms with Crippen LogP contribution in [0.4, 0.5) is 4.79 Å². The number of nitrogens with zero attached hydrogens (tertiary/aromatic N) is 1. The van der Waals surface area contributed by atoms with Crippen LogP contribution in [0.3, 0.4) is 0 Å². The highest BCUT2D eigenvalue weighted by Gasteiger charge is 2.44. The largest absolute Gasteiger partial charge is 0.481 e. The maximum absolute atomic E-state index is 13.5. The van der Waals surface area contributed by atoms with Crippen molar-refractivity contribution in [1.29, 1.82) is 0 Å². The van der Waals surface area contributed by atoms with Crippen LogP contribution in [0.2, 0.25) is 0 Å². The molecular weight excluding hydrogens is 444 g/mol. The number of carbonyl (C=O) groups is 3. The van der Waals surface area contributed by atoms with Crippen molar-refractivity contribution < 1.29 is 24.2 Å². The SMILES string of the molecule is CCN(C(=O)C1(CNC(=O)OCC2c3ccccc3-c3ccccc32)CCCC1)C(C)CC(=O)O. The molecule has 2 aliphatic carbocycles. The van der Waals surface area contributed by atoms with Crippen LogP contribution in [0.1, 0.15) is 63.0 Å². The van der Waals surface area contributed by atoms with Gasteiger partial charge in [-0.05, 0) is 48.9 Å². The van der Waals surface area contributed by atoms with Gasteiger partial charge in [-0.3, -0.25) is 9.59 Å². The van der Waals surface area contributed by atoms with Gasteiger partial charge in [0.05, 0.1) is 11.8 Å². The van der Waals surface area contributed by atoms with Crippen molar-refractivity contribution in [2.24, 2.45) is 5.41 Å². The Labute approximate surface area is 206 Å². The Kier molecular flexibility index (Phi) is 7.43. The quantitative estimate of drug-likeness (QED) is 0.540. The fourth-order valence-electron chi connectivity index (χ4n) is 5.73. The molecule has 0 heterocycles. The molecule has 0 aromatic heterocycles. The summed E-state index contributed by atoms with van der Waals surface area (Å²) in [6.45, 7) is 4.46. The van der Waals surface area contributed by atoms with Gasteiger partial charge in [0, 0.05) is 25.0 Å². The van der Waals surface area contributed by atoms with Crippen molar-refractivity contribution in [2.75, 3.05) is 19.7 Å². The van der Waals surface area contributed by atoms with Crippen molar-refractivity contribution in [2.45, 2.75) is 57.9 Å². The molecule has 0 radical (unpaired) electrons. The van der Waals surface area contributed by atoms with E-state index < -0.39 is 23.5 Å². The van der Waals surface area contributed by atoms with Crippen LogP contribution < -0.4 is 5.32 Å². The molecule has 35 heavy (non-hydrogen) atoms. The number of alkyl carbamates (subject to hydrolysis) is 1. The number of amides is 2. The highest BCUT2D eigenvalue weighted by atomic mass is 16.5. The molecule has 0 bridgehead atoms. The van der Waals surface area contributed by atoms with Crippen LogP contribution in [0, 0.1) is 5.41 Å².